The fourth-order valence-electron chi connectivity index (χ4n) is 1.84. The van der Waals surface area contributed by atoms with Crippen LogP contribution in [-0.2, 0) is 9.53 Å². The van der Waals surface area contributed by atoms with Crippen LogP contribution in [0, 0.1) is 5.92 Å². The van der Waals surface area contributed by atoms with Crippen LogP contribution in [0.4, 0.5) is 4.79 Å². The zero-order valence-corrected chi connectivity index (χ0v) is 10.5. The molecule has 2 unspecified atom stereocenters. The number of aliphatic hydroxyl groups is 1. The normalized spacial score (nSPS) is 24.1. The predicted molar refractivity (Wildman–Crippen MR) is 63.2 cm³/mol. The Morgan fingerprint density at radius 1 is 1.33 bits per heavy atom. The smallest absolute Gasteiger partial charge is 0.328 e. The van der Waals surface area contributed by atoms with Gasteiger partial charge in [-0.15, -0.1) is 0 Å². The highest BCUT2D eigenvalue weighted by atomic mass is 16.5. The molecular formula is C11H20N2O5. The van der Waals surface area contributed by atoms with Gasteiger partial charge in [-0.3, -0.25) is 0 Å². The van der Waals surface area contributed by atoms with Gasteiger partial charge in [0.2, 0.25) is 0 Å². The molecule has 104 valence electrons. The predicted octanol–water partition coefficient (Wildman–Crippen LogP) is -0.455. The van der Waals surface area contributed by atoms with Gasteiger partial charge in [0.25, 0.3) is 0 Å². The second-order valence-electron chi connectivity index (χ2n) is 4.59. The lowest BCUT2D eigenvalue weighted by Crippen LogP contribution is -2.53. The lowest BCUT2D eigenvalue weighted by molar-refractivity contribution is -0.141. The summed E-state index contributed by atoms with van der Waals surface area (Å²) in [5.74, 6) is -1.03. The molecule has 4 N–H and O–H groups in total. The van der Waals surface area contributed by atoms with E-state index >= 15 is 0 Å². The zero-order chi connectivity index (χ0) is 13.7. The van der Waals surface area contributed by atoms with E-state index in [1.165, 1.54) is 6.92 Å². The van der Waals surface area contributed by atoms with E-state index in [-0.39, 0.29) is 12.0 Å². The summed E-state index contributed by atoms with van der Waals surface area (Å²) in [6, 6.07) is -2.00. The van der Waals surface area contributed by atoms with Crippen LogP contribution in [0.2, 0.25) is 0 Å². The molecule has 0 aromatic heterocycles. The lowest BCUT2D eigenvalue weighted by atomic mass is 10.0. The quantitative estimate of drug-likeness (QED) is 0.535. The molecule has 1 heterocycles. The number of rotatable bonds is 5. The van der Waals surface area contributed by atoms with Gasteiger partial charge in [-0.05, 0) is 20.3 Å². The van der Waals surface area contributed by atoms with Gasteiger partial charge in [0.05, 0.1) is 12.7 Å². The van der Waals surface area contributed by atoms with Gasteiger partial charge in [0.1, 0.15) is 0 Å². The van der Waals surface area contributed by atoms with E-state index in [2.05, 4.69) is 10.6 Å². The highest BCUT2D eigenvalue weighted by Gasteiger charge is 2.27. The molecule has 0 aromatic rings. The number of urea groups is 1. The number of amides is 2. The maximum atomic E-state index is 11.6. The Bertz CT molecular complexity index is 302. The summed E-state index contributed by atoms with van der Waals surface area (Å²) in [5, 5.41) is 22.9. The number of nitrogens with one attached hydrogen (secondary N) is 2. The van der Waals surface area contributed by atoms with Crippen molar-refractivity contribution in [3.8, 4) is 0 Å². The van der Waals surface area contributed by atoms with Crippen molar-refractivity contribution in [3.05, 3.63) is 0 Å². The highest BCUT2D eigenvalue weighted by Crippen LogP contribution is 2.16. The Morgan fingerprint density at radius 2 is 2.00 bits per heavy atom. The maximum absolute atomic E-state index is 11.6. The number of carbonyl (C=O) groups is 2. The lowest BCUT2D eigenvalue weighted by Gasteiger charge is -2.22. The van der Waals surface area contributed by atoms with Gasteiger partial charge >= 0.3 is 12.0 Å². The van der Waals surface area contributed by atoms with E-state index in [1.54, 1.807) is 0 Å². The van der Waals surface area contributed by atoms with Crippen molar-refractivity contribution in [3.63, 3.8) is 0 Å². The van der Waals surface area contributed by atoms with Gasteiger partial charge in [-0.2, -0.15) is 0 Å². The molecule has 7 heteroatoms. The molecule has 0 saturated carbocycles. The van der Waals surface area contributed by atoms with Crippen molar-refractivity contribution in [2.45, 2.75) is 38.5 Å². The van der Waals surface area contributed by atoms with E-state index in [9.17, 15) is 14.7 Å². The number of aliphatic hydroxyl groups excluding tert-OH is 1. The van der Waals surface area contributed by atoms with Crippen molar-refractivity contribution in [1.82, 2.24) is 10.6 Å². The number of carboxylic acid groups (broad SMARTS) is 1. The van der Waals surface area contributed by atoms with Crippen LogP contribution in [0.15, 0.2) is 0 Å². The fraction of sp³-hybridized carbons (Fsp3) is 0.818. The second kappa shape index (κ2) is 6.55. The maximum Gasteiger partial charge on any atom is 0.328 e. The number of hydrogen-bond acceptors (Lipinski definition) is 4. The van der Waals surface area contributed by atoms with Gasteiger partial charge in [0, 0.05) is 18.6 Å². The third-order valence-electron chi connectivity index (χ3n) is 3.07. The molecule has 0 bridgehead atoms. The monoisotopic (exact) mass is 260 g/mol. The summed E-state index contributed by atoms with van der Waals surface area (Å²) in [4.78, 5) is 22.4. The number of ether oxygens (including phenoxy) is 1. The summed E-state index contributed by atoms with van der Waals surface area (Å²) >= 11 is 0. The first-order chi connectivity index (χ1) is 8.41. The average molecular weight is 260 g/mol. The molecule has 1 fully saturated rings. The number of carboxylic acids is 1. The van der Waals surface area contributed by atoms with E-state index < -0.39 is 24.1 Å². The van der Waals surface area contributed by atoms with Gasteiger partial charge in [-0.25, -0.2) is 9.59 Å². The van der Waals surface area contributed by atoms with E-state index in [4.69, 9.17) is 9.84 Å². The van der Waals surface area contributed by atoms with E-state index in [1.807, 2.05) is 6.92 Å². The summed E-state index contributed by atoms with van der Waals surface area (Å²) in [5.41, 5.74) is 0. The van der Waals surface area contributed by atoms with Crippen LogP contribution in [0.3, 0.4) is 0 Å². The number of aliphatic carboxylic acids is 1. The Labute approximate surface area is 106 Å². The Kier molecular flexibility index (Phi) is 5.36. The molecule has 18 heavy (non-hydrogen) atoms. The number of carbonyl (C=O) groups excluding carboxylic acids is 1. The van der Waals surface area contributed by atoms with Crippen molar-refractivity contribution < 1.29 is 24.5 Å². The Morgan fingerprint density at radius 3 is 2.44 bits per heavy atom. The van der Waals surface area contributed by atoms with Crippen LogP contribution >= 0.6 is 0 Å². The minimum absolute atomic E-state index is 0.101. The van der Waals surface area contributed by atoms with Crippen molar-refractivity contribution in [2.75, 3.05) is 13.2 Å². The molecule has 0 spiro atoms. The van der Waals surface area contributed by atoms with Crippen molar-refractivity contribution in [1.29, 1.82) is 0 Å². The van der Waals surface area contributed by atoms with Crippen LogP contribution in [-0.4, -0.2) is 53.6 Å². The molecule has 2 amide bonds. The minimum atomic E-state index is -1.31. The van der Waals surface area contributed by atoms with Gasteiger partial charge < -0.3 is 25.6 Å². The molecule has 1 aliphatic heterocycles. The van der Waals surface area contributed by atoms with Crippen LogP contribution in [0.5, 0.6) is 0 Å². The minimum Gasteiger partial charge on any atom is -0.480 e. The third kappa shape index (κ3) is 4.15. The molecule has 1 aliphatic rings. The van der Waals surface area contributed by atoms with Crippen molar-refractivity contribution in [2.24, 2.45) is 5.92 Å². The molecular weight excluding hydrogens is 240 g/mol. The molecule has 7 nitrogen and oxygen atoms in total. The van der Waals surface area contributed by atoms with E-state index in [0.717, 1.165) is 6.42 Å². The van der Waals surface area contributed by atoms with Crippen LogP contribution in [0.25, 0.3) is 0 Å². The summed E-state index contributed by atoms with van der Waals surface area (Å²) in [7, 11) is 0. The fourth-order valence-corrected chi connectivity index (χ4v) is 1.84. The first kappa shape index (κ1) is 14.7. The molecule has 4 atom stereocenters. The average Bonchev–Trinajstić information content (AvgIpc) is 2.78. The summed E-state index contributed by atoms with van der Waals surface area (Å²) in [6.07, 6.45) is -0.279. The molecule has 1 rings (SSSR count). The second-order valence-corrected chi connectivity index (χ2v) is 4.59. The molecule has 1 saturated heterocycles. The van der Waals surface area contributed by atoms with Crippen LogP contribution in [0.1, 0.15) is 20.3 Å². The SMILES string of the molecule is CC(NC(=O)N[C@H](C(=O)O)[C@@H](C)O)C1CCOC1. The molecule has 0 radical (unpaired) electrons. The molecule has 0 aromatic carbocycles. The Balaban J connectivity index is 2.42. The van der Waals surface area contributed by atoms with Crippen molar-refractivity contribution >= 4 is 12.0 Å². The first-order valence-electron chi connectivity index (χ1n) is 5.97. The Hall–Kier alpha value is -1.34. The van der Waals surface area contributed by atoms with Gasteiger partial charge in [-0.1, -0.05) is 0 Å². The van der Waals surface area contributed by atoms with E-state index in [0.29, 0.717) is 13.2 Å². The first-order valence-corrected chi connectivity index (χ1v) is 5.97. The highest BCUT2D eigenvalue weighted by molar-refractivity contribution is 5.83. The zero-order valence-electron chi connectivity index (χ0n) is 10.5. The van der Waals surface area contributed by atoms with Gasteiger partial charge in [0.15, 0.2) is 6.04 Å². The summed E-state index contributed by atoms with van der Waals surface area (Å²) < 4.78 is 5.21. The molecule has 0 aliphatic carbocycles. The largest absolute Gasteiger partial charge is 0.480 e. The van der Waals surface area contributed by atoms with Crippen LogP contribution < -0.4 is 10.6 Å². The summed E-state index contributed by atoms with van der Waals surface area (Å²) in [6.45, 7) is 4.44. The topological polar surface area (TPSA) is 108 Å². The third-order valence-corrected chi connectivity index (χ3v) is 3.07. The number of hydrogen-bond donors (Lipinski definition) is 4. The standard InChI is InChI=1S/C11H20N2O5/c1-6(8-3-4-18-5-8)12-11(17)13-9(7(2)14)10(15)16/h6-9,14H,3-5H2,1-2H3,(H,15,16)(H2,12,13,17)/t6?,7-,8?,9+/m1/s1.